The van der Waals surface area contributed by atoms with Crippen LogP contribution in [0.1, 0.15) is 22.8 Å². The molecule has 2 amide bonds. The van der Waals surface area contributed by atoms with E-state index in [1.165, 1.54) is 21.1 Å². The third-order valence-corrected chi connectivity index (χ3v) is 3.54. The summed E-state index contributed by atoms with van der Waals surface area (Å²) in [6, 6.07) is 10.4. The number of carbonyl (C=O) groups is 2. The SMILES string of the molecule is COc1cccc(C(=O)Nc2cccc(NC(C)=O)c2C)c1OC. The van der Waals surface area contributed by atoms with Crippen LogP contribution in [0, 0.1) is 6.92 Å². The number of carbonyl (C=O) groups excluding carboxylic acids is 2. The lowest BCUT2D eigenvalue weighted by Gasteiger charge is -2.15. The van der Waals surface area contributed by atoms with Crippen LogP contribution in [-0.4, -0.2) is 26.0 Å². The van der Waals surface area contributed by atoms with Gasteiger partial charge in [-0.15, -0.1) is 0 Å². The molecule has 6 heteroatoms. The van der Waals surface area contributed by atoms with E-state index in [1.54, 1.807) is 36.4 Å². The van der Waals surface area contributed by atoms with Gasteiger partial charge in [-0.1, -0.05) is 12.1 Å². The summed E-state index contributed by atoms with van der Waals surface area (Å²) in [4.78, 5) is 23.9. The maximum atomic E-state index is 12.6. The van der Waals surface area contributed by atoms with Gasteiger partial charge in [0.1, 0.15) is 0 Å². The zero-order chi connectivity index (χ0) is 17.7. The monoisotopic (exact) mass is 328 g/mol. The van der Waals surface area contributed by atoms with Crippen molar-refractivity contribution in [2.75, 3.05) is 24.9 Å². The summed E-state index contributed by atoms with van der Waals surface area (Å²) >= 11 is 0. The largest absolute Gasteiger partial charge is 0.493 e. The molecule has 2 aromatic rings. The van der Waals surface area contributed by atoms with Crippen molar-refractivity contribution < 1.29 is 19.1 Å². The summed E-state index contributed by atoms with van der Waals surface area (Å²) in [6.07, 6.45) is 0. The van der Waals surface area contributed by atoms with Crippen LogP contribution >= 0.6 is 0 Å². The Morgan fingerprint density at radius 2 is 1.54 bits per heavy atom. The Kier molecular flexibility index (Phi) is 5.42. The summed E-state index contributed by atoms with van der Waals surface area (Å²) in [5, 5.41) is 5.57. The van der Waals surface area contributed by atoms with Gasteiger partial charge in [-0.3, -0.25) is 9.59 Å². The van der Waals surface area contributed by atoms with Crippen LogP contribution < -0.4 is 20.1 Å². The normalized spacial score (nSPS) is 10.0. The molecule has 2 aromatic carbocycles. The van der Waals surface area contributed by atoms with Crippen LogP contribution in [0.25, 0.3) is 0 Å². The van der Waals surface area contributed by atoms with E-state index in [0.717, 1.165) is 5.56 Å². The van der Waals surface area contributed by atoms with Crippen LogP contribution in [0.2, 0.25) is 0 Å². The van der Waals surface area contributed by atoms with E-state index in [9.17, 15) is 9.59 Å². The van der Waals surface area contributed by atoms with Gasteiger partial charge in [-0.2, -0.15) is 0 Å². The molecule has 0 atom stereocenters. The highest BCUT2D eigenvalue weighted by atomic mass is 16.5. The van der Waals surface area contributed by atoms with Gasteiger partial charge in [0, 0.05) is 18.3 Å². The number of hydrogen-bond acceptors (Lipinski definition) is 4. The predicted molar refractivity (Wildman–Crippen MR) is 93.0 cm³/mol. The average molecular weight is 328 g/mol. The van der Waals surface area contributed by atoms with Gasteiger partial charge < -0.3 is 20.1 Å². The fourth-order valence-electron chi connectivity index (χ4n) is 2.35. The Labute approximate surface area is 140 Å². The zero-order valence-corrected chi connectivity index (χ0v) is 14.1. The van der Waals surface area contributed by atoms with Gasteiger partial charge in [-0.25, -0.2) is 0 Å². The van der Waals surface area contributed by atoms with Gasteiger partial charge in [0.05, 0.1) is 19.8 Å². The first-order valence-electron chi connectivity index (χ1n) is 7.37. The molecular formula is C18H20N2O4. The van der Waals surface area contributed by atoms with Crippen molar-refractivity contribution in [3.8, 4) is 11.5 Å². The van der Waals surface area contributed by atoms with Crippen molar-refractivity contribution in [1.29, 1.82) is 0 Å². The topological polar surface area (TPSA) is 76.7 Å². The van der Waals surface area contributed by atoms with Gasteiger partial charge >= 0.3 is 0 Å². The van der Waals surface area contributed by atoms with Gasteiger partial charge in [0.25, 0.3) is 5.91 Å². The van der Waals surface area contributed by atoms with Crippen LogP contribution in [0.3, 0.4) is 0 Å². The van der Waals surface area contributed by atoms with E-state index < -0.39 is 0 Å². The van der Waals surface area contributed by atoms with Crippen LogP contribution in [-0.2, 0) is 4.79 Å². The number of amides is 2. The van der Waals surface area contributed by atoms with Crippen molar-refractivity contribution in [1.82, 2.24) is 0 Å². The highest BCUT2D eigenvalue weighted by Crippen LogP contribution is 2.32. The summed E-state index contributed by atoms with van der Waals surface area (Å²) in [5.41, 5.74) is 2.39. The minimum absolute atomic E-state index is 0.170. The van der Waals surface area contributed by atoms with Crippen molar-refractivity contribution in [3.63, 3.8) is 0 Å². The number of methoxy groups -OCH3 is 2. The fourth-order valence-corrected chi connectivity index (χ4v) is 2.35. The number of para-hydroxylation sites is 1. The quantitative estimate of drug-likeness (QED) is 0.883. The Bertz CT molecular complexity index is 772. The second-order valence-electron chi connectivity index (χ2n) is 5.15. The summed E-state index contributed by atoms with van der Waals surface area (Å²) in [7, 11) is 3.00. The lowest BCUT2D eigenvalue weighted by atomic mass is 10.1. The summed E-state index contributed by atoms with van der Waals surface area (Å²) < 4.78 is 10.5. The van der Waals surface area contributed by atoms with E-state index in [4.69, 9.17) is 9.47 Å². The second-order valence-corrected chi connectivity index (χ2v) is 5.15. The zero-order valence-electron chi connectivity index (χ0n) is 14.1. The molecule has 126 valence electrons. The number of ether oxygens (including phenoxy) is 2. The Morgan fingerprint density at radius 3 is 2.12 bits per heavy atom. The molecule has 0 aliphatic heterocycles. The van der Waals surface area contributed by atoms with E-state index >= 15 is 0 Å². The predicted octanol–water partition coefficient (Wildman–Crippen LogP) is 3.22. The molecule has 0 radical (unpaired) electrons. The minimum atomic E-state index is -0.325. The molecule has 0 fully saturated rings. The lowest BCUT2D eigenvalue weighted by Crippen LogP contribution is -2.15. The molecule has 0 aromatic heterocycles. The third-order valence-electron chi connectivity index (χ3n) is 3.54. The fraction of sp³-hybridized carbons (Fsp3) is 0.222. The maximum absolute atomic E-state index is 12.6. The lowest BCUT2D eigenvalue weighted by molar-refractivity contribution is -0.114. The van der Waals surface area contributed by atoms with Gasteiger partial charge in [0.15, 0.2) is 11.5 Å². The molecule has 0 saturated heterocycles. The van der Waals surface area contributed by atoms with Crippen molar-refractivity contribution in [3.05, 3.63) is 47.5 Å². The number of benzene rings is 2. The molecule has 0 aliphatic rings. The summed E-state index contributed by atoms with van der Waals surface area (Å²) in [6.45, 7) is 3.26. The molecule has 24 heavy (non-hydrogen) atoms. The van der Waals surface area contributed by atoms with E-state index in [1.807, 2.05) is 6.92 Å². The van der Waals surface area contributed by atoms with Crippen molar-refractivity contribution in [2.24, 2.45) is 0 Å². The number of anilines is 2. The van der Waals surface area contributed by atoms with Gasteiger partial charge in [-0.05, 0) is 36.8 Å². The maximum Gasteiger partial charge on any atom is 0.259 e. The molecule has 0 unspecified atom stereocenters. The number of nitrogens with one attached hydrogen (secondary N) is 2. The first-order chi connectivity index (χ1) is 11.5. The smallest absolute Gasteiger partial charge is 0.259 e. The standard InChI is InChI=1S/C18H20N2O4/c1-11-14(19-12(2)21)8-6-9-15(11)20-18(22)13-7-5-10-16(23-3)17(13)24-4/h5-10H,1-4H3,(H,19,21)(H,20,22). The van der Waals surface area contributed by atoms with Crippen LogP contribution in [0.5, 0.6) is 11.5 Å². The number of hydrogen-bond donors (Lipinski definition) is 2. The summed E-state index contributed by atoms with van der Waals surface area (Å²) in [5.74, 6) is 0.354. The van der Waals surface area contributed by atoms with E-state index in [2.05, 4.69) is 10.6 Å². The van der Waals surface area contributed by atoms with E-state index in [-0.39, 0.29) is 11.8 Å². The van der Waals surface area contributed by atoms with E-state index in [0.29, 0.717) is 28.4 Å². The highest BCUT2D eigenvalue weighted by Gasteiger charge is 2.17. The average Bonchev–Trinajstić information content (AvgIpc) is 2.57. The van der Waals surface area contributed by atoms with Crippen LogP contribution in [0.15, 0.2) is 36.4 Å². The highest BCUT2D eigenvalue weighted by molar-refractivity contribution is 6.07. The van der Waals surface area contributed by atoms with Crippen molar-refractivity contribution >= 4 is 23.2 Å². The molecule has 2 rings (SSSR count). The third kappa shape index (κ3) is 3.65. The molecule has 0 heterocycles. The minimum Gasteiger partial charge on any atom is -0.493 e. The Balaban J connectivity index is 2.32. The molecule has 6 nitrogen and oxygen atoms in total. The van der Waals surface area contributed by atoms with Crippen LogP contribution in [0.4, 0.5) is 11.4 Å². The Morgan fingerprint density at radius 1 is 0.917 bits per heavy atom. The first-order valence-corrected chi connectivity index (χ1v) is 7.37. The second kappa shape index (κ2) is 7.50. The molecular weight excluding hydrogens is 308 g/mol. The van der Waals surface area contributed by atoms with Crippen molar-refractivity contribution in [2.45, 2.75) is 13.8 Å². The number of rotatable bonds is 5. The first kappa shape index (κ1) is 17.3. The van der Waals surface area contributed by atoms with Gasteiger partial charge in [0.2, 0.25) is 5.91 Å². The Hall–Kier alpha value is -3.02. The molecule has 0 aliphatic carbocycles. The molecule has 0 bridgehead atoms. The molecule has 0 saturated carbocycles. The molecule has 0 spiro atoms. The molecule has 2 N–H and O–H groups in total.